The van der Waals surface area contributed by atoms with E-state index >= 15 is 0 Å². The van der Waals surface area contributed by atoms with Gasteiger partial charge in [-0.15, -0.1) is 0 Å². The van der Waals surface area contributed by atoms with Gasteiger partial charge in [0.05, 0.1) is 11.1 Å². The van der Waals surface area contributed by atoms with Crippen LogP contribution in [0.15, 0.2) is 36.4 Å². The second-order valence-corrected chi connectivity index (χ2v) is 6.13. The third-order valence-electron chi connectivity index (χ3n) is 4.35. The molecule has 0 radical (unpaired) electrons. The molecule has 0 bridgehead atoms. The summed E-state index contributed by atoms with van der Waals surface area (Å²) in [6, 6.07) is 9.46. The number of phenolic OH excluding ortho intramolecular Hbond substituents is 1. The van der Waals surface area contributed by atoms with Crippen molar-refractivity contribution in [3.05, 3.63) is 53.1 Å². The number of hydrogen-bond donors (Lipinski definition) is 2. The van der Waals surface area contributed by atoms with Crippen LogP contribution in [0.4, 0.5) is 11.4 Å². The lowest BCUT2D eigenvalue weighted by atomic mass is 9.96. The first kappa shape index (κ1) is 19.3. The van der Waals surface area contributed by atoms with Crippen molar-refractivity contribution in [2.24, 2.45) is 0 Å². The predicted molar refractivity (Wildman–Crippen MR) is 103 cm³/mol. The Bertz CT molecular complexity index is 827. The average molecular weight is 356 g/mol. The molecule has 0 fully saturated rings. The highest BCUT2D eigenvalue weighted by molar-refractivity contribution is 6.15. The molecule has 2 aromatic rings. The number of nitrogens with zero attached hydrogens (tertiary/aromatic N) is 2. The summed E-state index contributed by atoms with van der Waals surface area (Å²) in [5.74, 6) is -1.86. The Morgan fingerprint density at radius 2 is 1.46 bits per heavy atom. The van der Waals surface area contributed by atoms with Crippen molar-refractivity contribution < 1.29 is 19.8 Å². The number of carboxylic acids is 1. The number of phenols is 1. The molecule has 0 spiro atoms. The standard InChI is InChI=1S/C20H24N2O4/c1-5-22(6-2)14-8-10-16(18(23)12-14)19(24)15-9-7-13(21(3)4)11-17(15)20(25)26/h7-12,23H,5-6H2,1-4H3,(H,25,26). The molecule has 6 heteroatoms. The second kappa shape index (κ2) is 7.91. The number of carbonyl (C=O) groups is 2. The van der Waals surface area contributed by atoms with Crippen molar-refractivity contribution in [2.45, 2.75) is 13.8 Å². The molecule has 0 saturated carbocycles. The van der Waals surface area contributed by atoms with Crippen LogP contribution in [0.2, 0.25) is 0 Å². The smallest absolute Gasteiger partial charge is 0.336 e. The minimum absolute atomic E-state index is 0.0500. The maximum Gasteiger partial charge on any atom is 0.336 e. The summed E-state index contributed by atoms with van der Waals surface area (Å²) in [6.07, 6.45) is 0. The molecular weight excluding hydrogens is 332 g/mol. The molecule has 26 heavy (non-hydrogen) atoms. The molecule has 0 amide bonds. The Hall–Kier alpha value is -3.02. The van der Waals surface area contributed by atoms with Gasteiger partial charge >= 0.3 is 5.97 Å². The molecule has 2 rings (SSSR count). The summed E-state index contributed by atoms with van der Waals surface area (Å²) >= 11 is 0. The van der Waals surface area contributed by atoms with Gasteiger partial charge in [0, 0.05) is 50.2 Å². The quantitative estimate of drug-likeness (QED) is 0.742. The van der Waals surface area contributed by atoms with Crippen LogP contribution >= 0.6 is 0 Å². The third-order valence-corrected chi connectivity index (χ3v) is 4.35. The minimum atomic E-state index is -1.18. The summed E-state index contributed by atoms with van der Waals surface area (Å²) in [4.78, 5) is 28.2. The van der Waals surface area contributed by atoms with Gasteiger partial charge in [-0.3, -0.25) is 4.79 Å². The first-order chi connectivity index (χ1) is 12.3. The predicted octanol–water partition coefficient (Wildman–Crippen LogP) is 3.23. The van der Waals surface area contributed by atoms with Crippen LogP contribution in [-0.2, 0) is 0 Å². The van der Waals surface area contributed by atoms with E-state index in [-0.39, 0.29) is 22.4 Å². The van der Waals surface area contributed by atoms with Gasteiger partial charge in [-0.25, -0.2) is 4.79 Å². The van der Waals surface area contributed by atoms with E-state index in [1.165, 1.54) is 24.3 Å². The third kappa shape index (κ3) is 3.79. The number of aromatic carboxylic acids is 1. The Morgan fingerprint density at radius 3 is 1.96 bits per heavy atom. The van der Waals surface area contributed by atoms with Gasteiger partial charge in [0.25, 0.3) is 0 Å². The van der Waals surface area contributed by atoms with Crippen molar-refractivity contribution >= 4 is 23.1 Å². The number of aromatic hydroxyl groups is 1. The topological polar surface area (TPSA) is 81.1 Å². The number of anilines is 2. The SMILES string of the molecule is CCN(CC)c1ccc(C(=O)c2ccc(N(C)C)cc2C(=O)O)c(O)c1. The van der Waals surface area contributed by atoms with Crippen LogP contribution in [0.25, 0.3) is 0 Å². The van der Waals surface area contributed by atoms with E-state index in [2.05, 4.69) is 0 Å². The van der Waals surface area contributed by atoms with Crippen LogP contribution in [0, 0.1) is 0 Å². The van der Waals surface area contributed by atoms with Crippen LogP contribution in [-0.4, -0.2) is 49.2 Å². The van der Waals surface area contributed by atoms with Crippen molar-refractivity contribution in [1.82, 2.24) is 0 Å². The number of carbonyl (C=O) groups excluding carboxylic acids is 1. The molecule has 0 aliphatic carbocycles. The van der Waals surface area contributed by atoms with Gasteiger partial charge in [-0.2, -0.15) is 0 Å². The zero-order chi connectivity index (χ0) is 19.4. The Kier molecular flexibility index (Phi) is 5.87. The molecule has 6 nitrogen and oxygen atoms in total. The molecular formula is C20H24N2O4. The molecule has 138 valence electrons. The highest BCUT2D eigenvalue weighted by Crippen LogP contribution is 2.28. The zero-order valence-corrected chi connectivity index (χ0v) is 15.5. The normalized spacial score (nSPS) is 10.5. The van der Waals surface area contributed by atoms with Gasteiger partial charge in [-0.1, -0.05) is 0 Å². The Morgan fingerprint density at radius 1 is 0.885 bits per heavy atom. The molecule has 0 saturated heterocycles. The molecule has 0 atom stereocenters. The maximum absolute atomic E-state index is 12.8. The van der Waals surface area contributed by atoms with E-state index < -0.39 is 11.8 Å². The van der Waals surface area contributed by atoms with Crippen LogP contribution in [0.3, 0.4) is 0 Å². The van der Waals surface area contributed by atoms with Crippen molar-refractivity contribution in [1.29, 1.82) is 0 Å². The van der Waals surface area contributed by atoms with Crippen LogP contribution in [0.1, 0.15) is 40.1 Å². The number of carboxylic acid groups (broad SMARTS) is 1. The summed E-state index contributed by atoms with van der Waals surface area (Å²) in [7, 11) is 3.58. The highest BCUT2D eigenvalue weighted by atomic mass is 16.4. The van der Waals surface area contributed by atoms with Crippen molar-refractivity contribution in [2.75, 3.05) is 37.0 Å². The lowest BCUT2D eigenvalue weighted by Gasteiger charge is -2.21. The van der Waals surface area contributed by atoms with Gasteiger partial charge < -0.3 is 20.0 Å². The minimum Gasteiger partial charge on any atom is -0.507 e. The second-order valence-electron chi connectivity index (χ2n) is 6.13. The number of benzene rings is 2. The molecule has 0 aliphatic rings. The lowest BCUT2D eigenvalue weighted by Crippen LogP contribution is -2.21. The summed E-state index contributed by atoms with van der Waals surface area (Å²) in [6.45, 7) is 5.56. The van der Waals surface area contributed by atoms with Gasteiger partial charge in [0.15, 0.2) is 5.78 Å². The number of ketones is 1. The molecule has 2 N–H and O–H groups in total. The van der Waals surface area contributed by atoms with Crippen LogP contribution < -0.4 is 9.80 Å². The van der Waals surface area contributed by atoms with E-state index in [9.17, 15) is 19.8 Å². The van der Waals surface area contributed by atoms with Gasteiger partial charge in [0.1, 0.15) is 5.75 Å². The highest BCUT2D eigenvalue weighted by Gasteiger charge is 2.21. The van der Waals surface area contributed by atoms with E-state index in [0.717, 1.165) is 18.8 Å². The first-order valence-electron chi connectivity index (χ1n) is 8.47. The van der Waals surface area contributed by atoms with Crippen LogP contribution in [0.5, 0.6) is 5.75 Å². The molecule has 0 aliphatic heterocycles. The maximum atomic E-state index is 12.8. The Balaban J connectivity index is 2.48. The number of rotatable bonds is 7. The molecule has 2 aromatic carbocycles. The fourth-order valence-electron chi connectivity index (χ4n) is 2.83. The lowest BCUT2D eigenvalue weighted by molar-refractivity contribution is 0.0692. The largest absolute Gasteiger partial charge is 0.507 e. The van der Waals surface area contributed by atoms with Crippen molar-refractivity contribution in [3.8, 4) is 5.75 Å². The molecule has 0 aromatic heterocycles. The van der Waals surface area contributed by atoms with Gasteiger partial charge in [0.2, 0.25) is 0 Å². The van der Waals surface area contributed by atoms with E-state index in [4.69, 9.17) is 0 Å². The zero-order valence-electron chi connectivity index (χ0n) is 15.5. The van der Waals surface area contributed by atoms with E-state index in [1.807, 2.05) is 18.7 Å². The first-order valence-corrected chi connectivity index (χ1v) is 8.47. The summed E-state index contributed by atoms with van der Waals surface area (Å²) < 4.78 is 0. The van der Waals surface area contributed by atoms with E-state index in [1.54, 1.807) is 31.1 Å². The van der Waals surface area contributed by atoms with Crippen molar-refractivity contribution in [3.63, 3.8) is 0 Å². The summed E-state index contributed by atoms with van der Waals surface area (Å²) in [5, 5.41) is 19.8. The monoisotopic (exact) mass is 356 g/mol. The van der Waals surface area contributed by atoms with Gasteiger partial charge in [-0.05, 0) is 44.2 Å². The van der Waals surface area contributed by atoms with E-state index in [0.29, 0.717) is 5.69 Å². The fraction of sp³-hybridized carbons (Fsp3) is 0.300. The Labute approximate surface area is 153 Å². The average Bonchev–Trinajstić information content (AvgIpc) is 2.61. The molecule has 0 unspecified atom stereocenters. The number of hydrogen-bond acceptors (Lipinski definition) is 5. The fourth-order valence-corrected chi connectivity index (χ4v) is 2.83. The molecule has 0 heterocycles. The summed E-state index contributed by atoms with van der Waals surface area (Å²) in [5.41, 5.74) is 1.54.